The summed E-state index contributed by atoms with van der Waals surface area (Å²) in [7, 11) is 3.56. The normalized spacial score (nSPS) is 12.4. The molecule has 120 valence electrons. The van der Waals surface area contributed by atoms with Crippen molar-refractivity contribution in [3.8, 4) is 0 Å². The summed E-state index contributed by atoms with van der Waals surface area (Å²) in [5.41, 5.74) is 0.0242. The van der Waals surface area contributed by atoms with E-state index < -0.39 is 23.8 Å². The number of hydrogen-bond acceptors (Lipinski definition) is 7. The maximum absolute atomic E-state index is 11.9. The third kappa shape index (κ3) is 4.76. The fraction of sp³-hybridized carbons (Fsp3) is 0.400. The quantitative estimate of drug-likeness (QED) is 0.425. The minimum atomic E-state index is -1.10. The van der Waals surface area contributed by atoms with Gasteiger partial charge in [-0.05, 0) is 12.1 Å². The van der Waals surface area contributed by atoms with Crippen LogP contribution in [0.1, 0.15) is 12.2 Å². The van der Waals surface area contributed by atoms with E-state index in [2.05, 4.69) is 14.2 Å². The molecule has 1 unspecified atom stereocenters. The van der Waals surface area contributed by atoms with Gasteiger partial charge in [0.1, 0.15) is 5.76 Å². The molecule has 0 amide bonds. The Morgan fingerprint density at radius 1 is 1.18 bits per heavy atom. The molecule has 0 radical (unpaired) electrons. The molecule has 0 aliphatic carbocycles. The second-order valence-corrected chi connectivity index (χ2v) is 4.29. The molecule has 0 aliphatic rings. The van der Waals surface area contributed by atoms with Gasteiger partial charge in [-0.2, -0.15) is 0 Å². The molecule has 1 rings (SSSR count). The fourth-order valence-electron chi connectivity index (χ4n) is 1.84. The van der Waals surface area contributed by atoms with E-state index in [9.17, 15) is 14.4 Å². The Morgan fingerprint density at radius 2 is 1.91 bits per heavy atom. The predicted octanol–water partition coefficient (Wildman–Crippen LogP) is 1.27. The van der Waals surface area contributed by atoms with Crippen LogP contribution < -0.4 is 0 Å². The van der Waals surface area contributed by atoms with Gasteiger partial charge in [0.25, 0.3) is 0 Å². The molecule has 1 atom stereocenters. The van der Waals surface area contributed by atoms with Gasteiger partial charge < -0.3 is 18.6 Å². The van der Waals surface area contributed by atoms with E-state index in [0.717, 1.165) is 0 Å². The number of methoxy groups -OCH3 is 3. The molecule has 0 aromatic carbocycles. The van der Waals surface area contributed by atoms with E-state index in [4.69, 9.17) is 4.42 Å². The van der Waals surface area contributed by atoms with Crippen molar-refractivity contribution in [3.63, 3.8) is 0 Å². The summed E-state index contributed by atoms with van der Waals surface area (Å²) < 4.78 is 19.0. The van der Waals surface area contributed by atoms with E-state index in [-0.39, 0.29) is 18.4 Å². The Morgan fingerprint density at radius 3 is 2.41 bits per heavy atom. The summed E-state index contributed by atoms with van der Waals surface area (Å²) in [6, 6.07) is 3.42. The molecule has 1 aromatic heterocycles. The van der Waals surface area contributed by atoms with Crippen molar-refractivity contribution in [3.05, 3.63) is 35.8 Å². The van der Waals surface area contributed by atoms with Gasteiger partial charge in [-0.25, -0.2) is 4.79 Å². The first-order chi connectivity index (χ1) is 10.5. The summed E-state index contributed by atoms with van der Waals surface area (Å²) >= 11 is 0. The van der Waals surface area contributed by atoms with Crippen LogP contribution >= 0.6 is 0 Å². The fourth-order valence-corrected chi connectivity index (χ4v) is 1.84. The number of rotatable bonds is 7. The van der Waals surface area contributed by atoms with Crippen molar-refractivity contribution in [2.45, 2.75) is 12.8 Å². The predicted molar refractivity (Wildman–Crippen MR) is 74.7 cm³/mol. The van der Waals surface area contributed by atoms with Crippen LogP contribution in [0.4, 0.5) is 0 Å². The highest BCUT2D eigenvalue weighted by atomic mass is 16.5. The smallest absolute Gasteiger partial charge is 0.334 e. The molecule has 22 heavy (non-hydrogen) atoms. The van der Waals surface area contributed by atoms with Crippen molar-refractivity contribution in [1.29, 1.82) is 0 Å². The topological polar surface area (TPSA) is 92.0 Å². The summed E-state index contributed by atoms with van der Waals surface area (Å²) in [6.07, 6.45) is 2.93. The summed E-state index contributed by atoms with van der Waals surface area (Å²) in [6.45, 7) is 0. The number of hydrogen-bond donors (Lipinski definition) is 0. The van der Waals surface area contributed by atoms with Gasteiger partial charge in [0.15, 0.2) is 0 Å². The van der Waals surface area contributed by atoms with Crippen LogP contribution in [0.15, 0.2) is 34.5 Å². The molecular formula is C15H18O7. The molecule has 0 spiro atoms. The van der Waals surface area contributed by atoms with Crippen molar-refractivity contribution in [1.82, 2.24) is 0 Å². The van der Waals surface area contributed by atoms with E-state index in [0.29, 0.717) is 5.76 Å². The van der Waals surface area contributed by atoms with Crippen molar-refractivity contribution in [2.75, 3.05) is 21.3 Å². The van der Waals surface area contributed by atoms with Crippen LogP contribution in [-0.4, -0.2) is 39.2 Å². The lowest BCUT2D eigenvalue weighted by Gasteiger charge is -2.15. The summed E-state index contributed by atoms with van der Waals surface area (Å²) in [5.74, 6) is -2.57. The molecule has 1 aromatic rings. The number of ether oxygens (including phenoxy) is 3. The summed E-state index contributed by atoms with van der Waals surface area (Å²) in [5, 5.41) is 0. The molecule has 0 saturated heterocycles. The first kappa shape index (κ1) is 17.5. The number of carbonyl (C=O) groups excluding carboxylic acids is 3. The van der Waals surface area contributed by atoms with Gasteiger partial charge in [-0.1, -0.05) is 6.08 Å². The Hall–Kier alpha value is -2.57. The zero-order valence-corrected chi connectivity index (χ0v) is 12.7. The Bertz CT molecular complexity index is 542. The van der Waals surface area contributed by atoms with E-state index in [1.165, 1.54) is 33.7 Å². The highest BCUT2D eigenvalue weighted by Crippen LogP contribution is 2.20. The van der Waals surface area contributed by atoms with Crippen molar-refractivity contribution < 1.29 is 33.0 Å². The lowest BCUT2D eigenvalue weighted by atomic mass is 9.94. The van der Waals surface area contributed by atoms with Gasteiger partial charge in [0, 0.05) is 12.0 Å². The lowest BCUT2D eigenvalue weighted by molar-refractivity contribution is -0.152. The Balaban J connectivity index is 3.07. The number of carbonyl (C=O) groups is 3. The zero-order chi connectivity index (χ0) is 16.5. The SMILES string of the molecule is COC(=O)CC(C(=O)OC)/C(=C\Cc1ccco1)C(=O)OC. The Labute approximate surface area is 127 Å². The highest BCUT2D eigenvalue weighted by molar-refractivity contribution is 5.97. The average molecular weight is 310 g/mol. The minimum Gasteiger partial charge on any atom is -0.469 e. The summed E-state index contributed by atoms with van der Waals surface area (Å²) in [4.78, 5) is 35.3. The van der Waals surface area contributed by atoms with E-state index in [1.807, 2.05) is 0 Å². The van der Waals surface area contributed by atoms with E-state index in [1.54, 1.807) is 12.1 Å². The van der Waals surface area contributed by atoms with Gasteiger partial charge in [0.05, 0.1) is 39.9 Å². The molecule has 7 nitrogen and oxygen atoms in total. The first-order valence-corrected chi connectivity index (χ1v) is 6.48. The number of furan rings is 1. The van der Waals surface area contributed by atoms with Crippen LogP contribution in [0.5, 0.6) is 0 Å². The van der Waals surface area contributed by atoms with Crippen LogP contribution in [0, 0.1) is 5.92 Å². The average Bonchev–Trinajstić information content (AvgIpc) is 3.05. The van der Waals surface area contributed by atoms with Gasteiger partial charge in [-0.3, -0.25) is 9.59 Å². The maximum atomic E-state index is 11.9. The molecule has 0 fully saturated rings. The molecule has 7 heteroatoms. The number of allylic oxidation sites excluding steroid dienone is 1. The second-order valence-electron chi connectivity index (χ2n) is 4.29. The van der Waals surface area contributed by atoms with Crippen LogP contribution in [0.2, 0.25) is 0 Å². The van der Waals surface area contributed by atoms with E-state index >= 15 is 0 Å². The standard InChI is InChI=1S/C15H18O7/c1-19-13(16)9-12(15(18)21-3)11(14(17)20-2)7-6-10-5-4-8-22-10/h4-5,7-8,12H,6,9H2,1-3H3/b11-7+. The second kappa shape index (κ2) is 8.66. The first-order valence-electron chi connectivity index (χ1n) is 6.48. The molecule has 0 saturated carbocycles. The van der Waals surface area contributed by atoms with Crippen molar-refractivity contribution >= 4 is 17.9 Å². The highest BCUT2D eigenvalue weighted by Gasteiger charge is 2.31. The molecule has 0 bridgehead atoms. The van der Waals surface area contributed by atoms with Crippen LogP contribution in [0.25, 0.3) is 0 Å². The largest absolute Gasteiger partial charge is 0.469 e. The maximum Gasteiger partial charge on any atom is 0.334 e. The monoisotopic (exact) mass is 310 g/mol. The van der Waals surface area contributed by atoms with Crippen molar-refractivity contribution in [2.24, 2.45) is 5.92 Å². The van der Waals surface area contributed by atoms with Crippen LogP contribution in [-0.2, 0) is 35.0 Å². The minimum absolute atomic E-state index is 0.0242. The Kier molecular flexibility index (Phi) is 6.88. The number of esters is 3. The zero-order valence-electron chi connectivity index (χ0n) is 12.7. The third-order valence-electron chi connectivity index (χ3n) is 2.98. The van der Waals surface area contributed by atoms with Gasteiger partial charge in [0.2, 0.25) is 0 Å². The molecular weight excluding hydrogens is 292 g/mol. The van der Waals surface area contributed by atoms with Crippen LogP contribution in [0.3, 0.4) is 0 Å². The molecule has 1 heterocycles. The third-order valence-corrected chi connectivity index (χ3v) is 2.98. The van der Waals surface area contributed by atoms with Gasteiger partial charge >= 0.3 is 17.9 Å². The molecule has 0 aliphatic heterocycles. The lowest BCUT2D eigenvalue weighted by Crippen LogP contribution is -2.27. The van der Waals surface area contributed by atoms with Gasteiger partial charge in [-0.15, -0.1) is 0 Å². The molecule has 0 N–H and O–H groups in total.